The van der Waals surface area contributed by atoms with Gasteiger partial charge in [-0.2, -0.15) is 0 Å². The second-order valence-corrected chi connectivity index (χ2v) is 13.9. The van der Waals surface area contributed by atoms with Gasteiger partial charge in [-0.25, -0.2) is 4.98 Å². The van der Waals surface area contributed by atoms with Gasteiger partial charge in [0.25, 0.3) is 0 Å². The SMILES string of the molecule is CCCCCCCCCCCCCCCCCC(C)n1ccnc1C(CCCCCCCC)CCCCCCCCC. The van der Waals surface area contributed by atoms with E-state index in [9.17, 15) is 0 Å². The van der Waals surface area contributed by atoms with Gasteiger partial charge in [-0.05, 0) is 26.2 Å². The van der Waals surface area contributed by atoms with Crippen molar-refractivity contribution >= 4 is 0 Å². The number of nitrogens with zero attached hydrogens (tertiary/aromatic N) is 2. The average Bonchev–Trinajstić information content (AvgIpc) is 3.49. The zero-order valence-corrected chi connectivity index (χ0v) is 29.6. The van der Waals surface area contributed by atoms with E-state index in [1.165, 1.54) is 205 Å². The van der Waals surface area contributed by atoms with Gasteiger partial charge in [-0.1, -0.05) is 201 Å². The standard InChI is InChI=1S/C40H78N2/c1-5-8-11-14-17-18-19-20-21-22-23-24-26-27-30-33-38(4)42-37-36-41-40(42)39(34-31-28-16-13-10-7-3)35-32-29-25-15-12-9-6-2/h36-39H,5-35H2,1-4H3. The molecule has 42 heavy (non-hydrogen) atoms. The highest BCUT2D eigenvalue weighted by atomic mass is 15.1. The van der Waals surface area contributed by atoms with Gasteiger partial charge in [0.15, 0.2) is 0 Å². The molecule has 0 bridgehead atoms. The summed E-state index contributed by atoms with van der Waals surface area (Å²) in [6.45, 7) is 9.39. The summed E-state index contributed by atoms with van der Waals surface area (Å²) in [4.78, 5) is 4.99. The summed E-state index contributed by atoms with van der Waals surface area (Å²) in [7, 11) is 0. The molecule has 0 aliphatic heterocycles. The van der Waals surface area contributed by atoms with Crippen molar-refractivity contribution in [2.24, 2.45) is 0 Å². The van der Waals surface area contributed by atoms with E-state index in [-0.39, 0.29) is 0 Å². The van der Waals surface area contributed by atoms with Gasteiger partial charge >= 0.3 is 0 Å². The number of rotatable bonds is 33. The molecule has 0 amide bonds. The van der Waals surface area contributed by atoms with Gasteiger partial charge in [0.2, 0.25) is 0 Å². The van der Waals surface area contributed by atoms with E-state index in [2.05, 4.69) is 44.7 Å². The highest BCUT2D eigenvalue weighted by Crippen LogP contribution is 2.31. The van der Waals surface area contributed by atoms with E-state index in [0.29, 0.717) is 12.0 Å². The monoisotopic (exact) mass is 587 g/mol. The fourth-order valence-electron chi connectivity index (χ4n) is 6.89. The number of imidazole rings is 1. The van der Waals surface area contributed by atoms with Crippen LogP contribution in [-0.4, -0.2) is 9.55 Å². The lowest BCUT2D eigenvalue weighted by Crippen LogP contribution is -2.13. The molecule has 1 heterocycles. The summed E-state index contributed by atoms with van der Waals surface area (Å²) in [6, 6.07) is 0.588. The first-order valence-corrected chi connectivity index (χ1v) is 19.8. The van der Waals surface area contributed by atoms with E-state index in [4.69, 9.17) is 4.98 Å². The second kappa shape index (κ2) is 30.2. The summed E-state index contributed by atoms with van der Waals surface area (Å²) in [6.07, 6.45) is 48.2. The quantitative estimate of drug-likeness (QED) is 0.0749. The van der Waals surface area contributed by atoms with Crippen LogP contribution >= 0.6 is 0 Å². The molecule has 0 saturated heterocycles. The Bertz CT molecular complexity index is 650. The minimum atomic E-state index is 0.588. The molecule has 248 valence electrons. The predicted molar refractivity (Wildman–Crippen MR) is 190 cm³/mol. The van der Waals surface area contributed by atoms with Crippen LogP contribution in [0.25, 0.3) is 0 Å². The van der Waals surface area contributed by atoms with Gasteiger partial charge < -0.3 is 4.57 Å². The molecule has 1 aromatic heterocycles. The molecule has 0 radical (unpaired) electrons. The summed E-state index contributed by atoms with van der Waals surface area (Å²) in [5.74, 6) is 2.06. The topological polar surface area (TPSA) is 17.8 Å². The molecule has 0 aliphatic rings. The normalized spacial score (nSPS) is 13.1. The molecule has 0 fully saturated rings. The van der Waals surface area contributed by atoms with Crippen LogP contribution in [0.1, 0.15) is 245 Å². The maximum Gasteiger partial charge on any atom is 0.111 e. The van der Waals surface area contributed by atoms with Crippen molar-refractivity contribution in [2.75, 3.05) is 0 Å². The van der Waals surface area contributed by atoms with Gasteiger partial charge in [-0.15, -0.1) is 0 Å². The fraction of sp³-hybridized carbons (Fsp3) is 0.925. The Morgan fingerprint density at radius 2 is 0.762 bits per heavy atom. The summed E-state index contributed by atoms with van der Waals surface area (Å²) < 4.78 is 2.58. The number of unbranched alkanes of at least 4 members (excludes halogenated alkanes) is 25. The van der Waals surface area contributed by atoms with E-state index < -0.39 is 0 Å². The van der Waals surface area contributed by atoms with Gasteiger partial charge in [0, 0.05) is 24.4 Å². The third-order valence-electron chi connectivity index (χ3n) is 9.83. The van der Waals surface area contributed by atoms with Crippen LogP contribution in [0.5, 0.6) is 0 Å². The molecule has 0 saturated carbocycles. The zero-order valence-electron chi connectivity index (χ0n) is 29.6. The van der Waals surface area contributed by atoms with Crippen LogP contribution in [-0.2, 0) is 0 Å². The van der Waals surface area contributed by atoms with Crippen molar-refractivity contribution < 1.29 is 0 Å². The van der Waals surface area contributed by atoms with Crippen molar-refractivity contribution in [3.63, 3.8) is 0 Å². The number of aromatic nitrogens is 2. The van der Waals surface area contributed by atoms with E-state index in [1.54, 1.807) is 0 Å². The van der Waals surface area contributed by atoms with Crippen LogP contribution in [0, 0.1) is 0 Å². The number of hydrogen-bond donors (Lipinski definition) is 0. The van der Waals surface area contributed by atoms with Crippen molar-refractivity contribution in [1.29, 1.82) is 0 Å². The highest BCUT2D eigenvalue weighted by molar-refractivity contribution is 5.02. The Kier molecular flexibility index (Phi) is 28.3. The maximum absolute atomic E-state index is 4.99. The van der Waals surface area contributed by atoms with Crippen LogP contribution in [0.4, 0.5) is 0 Å². The first-order chi connectivity index (χ1) is 20.7. The Morgan fingerprint density at radius 3 is 1.12 bits per heavy atom. The lowest BCUT2D eigenvalue weighted by molar-refractivity contribution is 0.412. The van der Waals surface area contributed by atoms with Crippen molar-refractivity contribution in [3.05, 3.63) is 18.2 Å². The first-order valence-electron chi connectivity index (χ1n) is 19.8. The lowest BCUT2D eigenvalue weighted by Gasteiger charge is -2.22. The zero-order chi connectivity index (χ0) is 30.4. The van der Waals surface area contributed by atoms with Crippen molar-refractivity contribution in [1.82, 2.24) is 9.55 Å². The highest BCUT2D eigenvalue weighted by Gasteiger charge is 2.19. The molecule has 2 atom stereocenters. The Balaban J connectivity index is 2.29. The molecule has 0 N–H and O–H groups in total. The molecular weight excluding hydrogens is 508 g/mol. The molecule has 2 nitrogen and oxygen atoms in total. The second-order valence-electron chi connectivity index (χ2n) is 13.9. The maximum atomic E-state index is 4.99. The molecule has 1 aromatic rings. The van der Waals surface area contributed by atoms with Crippen LogP contribution in [0.3, 0.4) is 0 Å². The molecule has 2 unspecified atom stereocenters. The molecule has 1 rings (SSSR count). The van der Waals surface area contributed by atoms with Gasteiger partial charge in [0.1, 0.15) is 5.82 Å². The third-order valence-corrected chi connectivity index (χ3v) is 9.83. The Morgan fingerprint density at radius 1 is 0.452 bits per heavy atom. The summed E-state index contributed by atoms with van der Waals surface area (Å²) in [5.41, 5.74) is 0. The minimum absolute atomic E-state index is 0.588. The minimum Gasteiger partial charge on any atom is -0.332 e. The first kappa shape index (κ1) is 39.2. The Hall–Kier alpha value is -0.790. The van der Waals surface area contributed by atoms with Crippen LogP contribution in [0.15, 0.2) is 12.4 Å². The summed E-state index contributed by atoms with van der Waals surface area (Å²) in [5, 5.41) is 0. The Labute approximate surface area is 266 Å². The lowest BCUT2D eigenvalue weighted by atomic mass is 9.93. The molecule has 0 aromatic carbocycles. The van der Waals surface area contributed by atoms with Crippen LogP contribution < -0.4 is 0 Å². The molecule has 0 spiro atoms. The predicted octanol–water partition coefficient (Wildman–Crippen LogP) is 14.7. The van der Waals surface area contributed by atoms with E-state index in [0.717, 1.165) is 0 Å². The van der Waals surface area contributed by atoms with E-state index >= 15 is 0 Å². The third kappa shape index (κ3) is 21.8. The fourth-order valence-corrected chi connectivity index (χ4v) is 6.89. The van der Waals surface area contributed by atoms with Crippen molar-refractivity contribution in [3.8, 4) is 0 Å². The van der Waals surface area contributed by atoms with Crippen LogP contribution in [0.2, 0.25) is 0 Å². The van der Waals surface area contributed by atoms with Gasteiger partial charge in [0.05, 0.1) is 0 Å². The summed E-state index contributed by atoms with van der Waals surface area (Å²) >= 11 is 0. The smallest absolute Gasteiger partial charge is 0.111 e. The molecule has 2 heteroatoms. The largest absolute Gasteiger partial charge is 0.332 e. The van der Waals surface area contributed by atoms with E-state index in [1.807, 2.05) is 0 Å². The van der Waals surface area contributed by atoms with Gasteiger partial charge in [-0.3, -0.25) is 0 Å². The molecule has 0 aliphatic carbocycles. The molecular formula is C40H78N2. The van der Waals surface area contributed by atoms with Crippen molar-refractivity contribution in [2.45, 2.75) is 239 Å². The number of hydrogen-bond acceptors (Lipinski definition) is 1. The average molecular weight is 587 g/mol.